The molecule has 1 aliphatic rings. The van der Waals surface area contributed by atoms with Crippen LogP contribution in [0.25, 0.3) is 0 Å². The molecular formula is C12H22O2. The van der Waals surface area contributed by atoms with Crippen molar-refractivity contribution in [3.8, 4) is 0 Å². The van der Waals surface area contributed by atoms with Crippen molar-refractivity contribution in [1.29, 1.82) is 0 Å². The Labute approximate surface area is 86.9 Å². The molecule has 0 bridgehead atoms. The molecule has 2 nitrogen and oxygen atoms in total. The van der Waals surface area contributed by atoms with E-state index >= 15 is 0 Å². The van der Waals surface area contributed by atoms with Crippen LogP contribution in [0.3, 0.4) is 0 Å². The maximum atomic E-state index is 9.13. The topological polar surface area (TPSA) is 29.5 Å². The maximum Gasteiger partial charge on any atom is 0.127 e. The lowest BCUT2D eigenvalue weighted by molar-refractivity contribution is -0.340. The van der Waals surface area contributed by atoms with Gasteiger partial charge in [-0.25, -0.2) is 4.89 Å². The highest BCUT2D eigenvalue weighted by molar-refractivity contribution is 5.26. The van der Waals surface area contributed by atoms with Crippen molar-refractivity contribution in [2.45, 2.75) is 53.1 Å². The summed E-state index contributed by atoms with van der Waals surface area (Å²) in [5.74, 6) is 0. The quantitative estimate of drug-likeness (QED) is 0.396. The van der Waals surface area contributed by atoms with Crippen LogP contribution in [-0.4, -0.2) is 10.9 Å². The second-order valence-corrected chi connectivity index (χ2v) is 5.87. The molecule has 14 heavy (non-hydrogen) atoms. The molecule has 1 N–H and O–H groups in total. The zero-order chi connectivity index (χ0) is 11.2. The molecule has 1 unspecified atom stereocenters. The third kappa shape index (κ3) is 1.41. The number of rotatable bonds is 1. The van der Waals surface area contributed by atoms with Gasteiger partial charge < -0.3 is 0 Å². The first kappa shape index (κ1) is 11.7. The minimum Gasteiger partial charge on any atom is -0.251 e. The van der Waals surface area contributed by atoms with Crippen LogP contribution >= 0.6 is 0 Å². The highest BCUT2D eigenvalue weighted by Gasteiger charge is 2.53. The van der Waals surface area contributed by atoms with Crippen molar-refractivity contribution >= 4 is 0 Å². The third-order valence-corrected chi connectivity index (χ3v) is 4.24. The Kier molecular flexibility index (Phi) is 2.58. The predicted octanol–water partition coefficient (Wildman–Crippen LogP) is 3.64. The van der Waals surface area contributed by atoms with E-state index in [4.69, 9.17) is 10.1 Å². The van der Waals surface area contributed by atoms with Crippen molar-refractivity contribution in [3.63, 3.8) is 0 Å². The highest BCUT2D eigenvalue weighted by atomic mass is 17.1. The van der Waals surface area contributed by atoms with Gasteiger partial charge in [-0.05, 0) is 30.8 Å². The van der Waals surface area contributed by atoms with Gasteiger partial charge in [0.1, 0.15) is 5.60 Å². The van der Waals surface area contributed by atoms with Gasteiger partial charge in [0, 0.05) is 5.41 Å². The van der Waals surface area contributed by atoms with Crippen LogP contribution in [0.2, 0.25) is 0 Å². The van der Waals surface area contributed by atoms with E-state index in [1.165, 1.54) is 0 Å². The molecule has 0 aromatic rings. The smallest absolute Gasteiger partial charge is 0.127 e. The average Bonchev–Trinajstić information content (AvgIpc) is 2.10. The van der Waals surface area contributed by atoms with Gasteiger partial charge in [0.15, 0.2) is 0 Å². The minimum atomic E-state index is -0.630. The van der Waals surface area contributed by atoms with Gasteiger partial charge in [-0.15, -0.1) is 0 Å². The van der Waals surface area contributed by atoms with E-state index in [1.807, 2.05) is 6.92 Å². The molecule has 0 aliphatic heterocycles. The summed E-state index contributed by atoms with van der Waals surface area (Å²) >= 11 is 0. The molecule has 0 saturated heterocycles. The largest absolute Gasteiger partial charge is 0.251 e. The van der Waals surface area contributed by atoms with E-state index in [-0.39, 0.29) is 10.8 Å². The first-order valence-corrected chi connectivity index (χ1v) is 5.20. The molecule has 1 atom stereocenters. The van der Waals surface area contributed by atoms with E-state index in [2.05, 4.69) is 34.3 Å². The molecule has 0 radical (unpaired) electrons. The van der Waals surface area contributed by atoms with Crippen LogP contribution in [0.1, 0.15) is 47.5 Å². The molecule has 1 aliphatic carbocycles. The lowest BCUT2D eigenvalue weighted by atomic mass is 9.56. The Morgan fingerprint density at radius 3 is 2.00 bits per heavy atom. The predicted molar refractivity (Wildman–Crippen MR) is 58.1 cm³/mol. The van der Waals surface area contributed by atoms with Crippen molar-refractivity contribution < 1.29 is 10.1 Å². The van der Waals surface area contributed by atoms with E-state index < -0.39 is 5.60 Å². The highest BCUT2D eigenvalue weighted by Crippen LogP contribution is 2.54. The van der Waals surface area contributed by atoms with Crippen LogP contribution in [0.5, 0.6) is 0 Å². The molecule has 1 saturated carbocycles. The third-order valence-electron chi connectivity index (χ3n) is 4.24. The second-order valence-electron chi connectivity index (χ2n) is 5.87. The summed E-state index contributed by atoms with van der Waals surface area (Å²) in [6.07, 6.45) is 2.13. The minimum absolute atomic E-state index is 0.0486. The standard InChI is InChI=1S/C12H22O2/c1-9-10(2,3)7-8-11(4,5)12(9,6)14-13/h13H,1,7-8H2,2-6H3. The van der Waals surface area contributed by atoms with Gasteiger partial charge in [-0.1, -0.05) is 34.3 Å². The lowest BCUT2D eigenvalue weighted by Gasteiger charge is -2.52. The van der Waals surface area contributed by atoms with Gasteiger partial charge in [0.2, 0.25) is 0 Å². The van der Waals surface area contributed by atoms with Crippen LogP contribution in [0.4, 0.5) is 0 Å². The summed E-state index contributed by atoms with van der Waals surface area (Å²) in [6, 6.07) is 0. The molecule has 1 fully saturated rings. The Morgan fingerprint density at radius 2 is 1.64 bits per heavy atom. The van der Waals surface area contributed by atoms with Gasteiger partial charge in [0.05, 0.1) is 0 Å². The Morgan fingerprint density at radius 1 is 1.14 bits per heavy atom. The molecular weight excluding hydrogens is 176 g/mol. The normalized spacial score (nSPS) is 35.7. The number of hydrogen-bond acceptors (Lipinski definition) is 2. The van der Waals surface area contributed by atoms with Crippen molar-refractivity contribution in [2.24, 2.45) is 10.8 Å². The molecule has 0 aromatic heterocycles. The fraction of sp³-hybridized carbons (Fsp3) is 0.833. The maximum absolute atomic E-state index is 9.13. The summed E-state index contributed by atoms with van der Waals surface area (Å²) in [5, 5.41) is 9.13. The SMILES string of the molecule is C=C1C(C)(C)CCC(C)(C)C1(C)OO. The molecule has 0 amide bonds. The Hall–Kier alpha value is -0.340. The summed E-state index contributed by atoms with van der Waals surface area (Å²) in [5.41, 5.74) is 0.347. The van der Waals surface area contributed by atoms with E-state index in [9.17, 15) is 0 Å². The fourth-order valence-electron chi connectivity index (χ4n) is 2.25. The first-order chi connectivity index (χ1) is 6.17. The molecule has 0 spiro atoms. The zero-order valence-corrected chi connectivity index (χ0v) is 9.98. The molecule has 0 heterocycles. The van der Waals surface area contributed by atoms with Crippen molar-refractivity contribution in [3.05, 3.63) is 12.2 Å². The second kappa shape index (κ2) is 3.07. The van der Waals surface area contributed by atoms with Gasteiger partial charge in [-0.2, -0.15) is 0 Å². The van der Waals surface area contributed by atoms with Gasteiger partial charge in [-0.3, -0.25) is 5.26 Å². The van der Waals surface area contributed by atoms with Crippen LogP contribution in [-0.2, 0) is 4.89 Å². The first-order valence-electron chi connectivity index (χ1n) is 5.20. The summed E-state index contributed by atoms with van der Waals surface area (Å²) in [4.78, 5) is 4.74. The summed E-state index contributed by atoms with van der Waals surface area (Å²) in [6.45, 7) is 14.6. The van der Waals surface area contributed by atoms with Crippen LogP contribution in [0, 0.1) is 10.8 Å². The number of hydrogen-bond donors (Lipinski definition) is 1. The van der Waals surface area contributed by atoms with E-state index in [1.54, 1.807) is 0 Å². The van der Waals surface area contributed by atoms with Crippen LogP contribution < -0.4 is 0 Å². The van der Waals surface area contributed by atoms with E-state index in [0.29, 0.717) is 0 Å². The molecule has 82 valence electrons. The Balaban J connectivity index is 3.13. The fourth-order valence-corrected chi connectivity index (χ4v) is 2.25. The average molecular weight is 198 g/mol. The van der Waals surface area contributed by atoms with Gasteiger partial charge >= 0.3 is 0 Å². The zero-order valence-electron chi connectivity index (χ0n) is 9.98. The summed E-state index contributed by atoms with van der Waals surface area (Å²) in [7, 11) is 0. The van der Waals surface area contributed by atoms with E-state index in [0.717, 1.165) is 18.4 Å². The molecule has 1 rings (SSSR count). The lowest BCUT2D eigenvalue weighted by Crippen LogP contribution is -2.52. The van der Waals surface area contributed by atoms with Crippen molar-refractivity contribution in [1.82, 2.24) is 0 Å². The monoisotopic (exact) mass is 198 g/mol. The van der Waals surface area contributed by atoms with Crippen molar-refractivity contribution in [2.75, 3.05) is 0 Å². The molecule has 2 heteroatoms. The van der Waals surface area contributed by atoms with Gasteiger partial charge in [0.25, 0.3) is 0 Å². The summed E-state index contributed by atoms with van der Waals surface area (Å²) < 4.78 is 0. The Bertz CT molecular complexity index is 253. The molecule has 0 aromatic carbocycles. The van der Waals surface area contributed by atoms with Crippen LogP contribution in [0.15, 0.2) is 12.2 Å².